The van der Waals surface area contributed by atoms with Crippen LogP contribution in [0.3, 0.4) is 0 Å². The number of ether oxygens (including phenoxy) is 3. The van der Waals surface area contributed by atoms with Gasteiger partial charge in [0.15, 0.2) is 17.5 Å². The molecule has 2 aromatic carbocycles. The lowest BCUT2D eigenvalue weighted by Crippen LogP contribution is -2.34. The van der Waals surface area contributed by atoms with Gasteiger partial charge >= 0.3 is 12.1 Å². The first-order valence-electron chi connectivity index (χ1n) is 7.47. The lowest BCUT2D eigenvalue weighted by molar-refractivity contribution is -0.139. The van der Waals surface area contributed by atoms with E-state index in [-0.39, 0.29) is 6.61 Å². The molecule has 0 aliphatic carbocycles. The fourth-order valence-electron chi connectivity index (χ4n) is 2.20. The van der Waals surface area contributed by atoms with Crippen LogP contribution in [0.5, 0.6) is 11.5 Å². The van der Waals surface area contributed by atoms with Crippen LogP contribution >= 0.6 is 0 Å². The van der Waals surface area contributed by atoms with E-state index < -0.39 is 18.1 Å². The van der Waals surface area contributed by atoms with Crippen LogP contribution in [0.4, 0.5) is 4.79 Å². The van der Waals surface area contributed by atoms with E-state index in [1.165, 1.54) is 26.4 Å². The van der Waals surface area contributed by atoms with Gasteiger partial charge in [-0.25, -0.2) is 9.59 Å². The molecule has 0 radical (unpaired) electrons. The number of hydrogen-bond acceptors (Lipinski definition) is 5. The minimum Gasteiger partial charge on any atom is -0.493 e. The summed E-state index contributed by atoms with van der Waals surface area (Å²) in [5.74, 6) is -0.392. The summed E-state index contributed by atoms with van der Waals surface area (Å²) in [6, 6.07) is 12.4. The van der Waals surface area contributed by atoms with E-state index in [0.29, 0.717) is 17.1 Å². The average Bonchev–Trinajstić information content (AvgIpc) is 2.64. The molecule has 0 heterocycles. The van der Waals surface area contributed by atoms with Crippen molar-refractivity contribution in [3.63, 3.8) is 0 Å². The summed E-state index contributed by atoms with van der Waals surface area (Å²) >= 11 is 0. The van der Waals surface area contributed by atoms with Crippen molar-refractivity contribution in [2.24, 2.45) is 0 Å². The van der Waals surface area contributed by atoms with E-state index in [0.717, 1.165) is 5.56 Å². The van der Waals surface area contributed by atoms with Gasteiger partial charge in [0.2, 0.25) is 0 Å². The van der Waals surface area contributed by atoms with Gasteiger partial charge in [0, 0.05) is 0 Å². The van der Waals surface area contributed by atoms with Gasteiger partial charge in [0.1, 0.15) is 6.61 Å². The molecule has 2 rings (SSSR count). The number of carbonyl (C=O) groups is 2. The predicted molar refractivity (Wildman–Crippen MR) is 89.7 cm³/mol. The Kier molecular flexibility index (Phi) is 6.22. The first-order valence-corrected chi connectivity index (χ1v) is 7.47. The molecule has 0 bridgehead atoms. The van der Waals surface area contributed by atoms with Crippen molar-refractivity contribution in [2.75, 3.05) is 14.2 Å². The summed E-state index contributed by atoms with van der Waals surface area (Å²) < 4.78 is 15.3. The number of carboxylic acid groups (broad SMARTS) is 1. The molecule has 0 saturated carbocycles. The van der Waals surface area contributed by atoms with Gasteiger partial charge < -0.3 is 24.6 Å². The maximum absolute atomic E-state index is 11.9. The Morgan fingerprint density at radius 1 is 1.04 bits per heavy atom. The number of carboxylic acids is 1. The molecule has 0 aliphatic rings. The number of methoxy groups -OCH3 is 2. The zero-order valence-corrected chi connectivity index (χ0v) is 13.9. The molecular formula is C18H19NO6. The van der Waals surface area contributed by atoms with Crippen molar-refractivity contribution >= 4 is 12.1 Å². The van der Waals surface area contributed by atoms with Gasteiger partial charge in [-0.15, -0.1) is 0 Å². The minimum absolute atomic E-state index is 0.0466. The molecule has 1 atom stereocenters. The molecule has 132 valence electrons. The van der Waals surface area contributed by atoms with Crippen LogP contribution in [-0.2, 0) is 16.1 Å². The average molecular weight is 345 g/mol. The molecule has 7 nitrogen and oxygen atoms in total. The van der Waals surface area contributed by atoms with Crippen LogP contribution in [0.25, 0.3) is 0 Å². The molecule has 0 saturated heterocycles. The lowest BCUT2D eigenvalue weighted by Gasteiger charge is -2.17. The van der Waals surface area contributed by atoms with Crippen molar-refractivity contribution in [2.45, 2.75) is 12.6 Å². The predicted octanol–water partition coefficient (Wildman–Crippen LogP) is 2.76. The Labute approximate surface area is 145 Å². The summed E-state index contributed by atoms with van der Waals surface area (Å²) in [5, 5.41) is 11.7. The second-order valence-electron chi connectivity index (χ2n) is 5.09. The second-order valence-corrected chi connectivity index (χ2v) is 5.09. The number of nitrogens with one attached hydrogen (secondary N) is 1. The largest absolute Gasteiger partial charge is 0.493 e. The number of benzene rings is 2. The van der Waals surface area contributed by atoms with Crippen LogP contribution in [0.15, 0.2) is 48.5 Å². The van der Waals surface area contributed by atoms with Crippen molar-refractivity contribution < 1.29 is 28.9 Å². The molecule has 0 aromatic heterocycles. The minimum atomic E-state index is -1.27. The van der Waals surface area contributed by atoms with Gasteiger partial charge in [-0.3, -0.25) is 0 Å². The lowest BCUT2D eigenvalue weighted by atomic mass is 10.1. The smallest absolute Gasteiger partial charge is 0.408 e. The van der Waals surface area contributed by atoms with Crippen molar-refractivity contribution in [1.29, 1.82) is 0 Å². The SMILES string of the molecule is COc1ccc(C(NC(=O)OCc2ccccc2)C(=O)O)cc1OC. The molecule has 1 unspecified atom stereocenters. The Bertz CT molecular complexity index is 732. The van der Waals surface area contributed by atoms with Gasteiger partial charge in [0.25, 0.3) is 0 Å². The highest BCUT2D eigenvalue weighted by molar-refractivity contribution is 5.81. The Hall–Kier alpha value is -3.22. The number of hydrogen-bond donors (Lipinski definition) is 2. The van der Waals surface area contributed by atoms with Crippen LogP contribution in [0.1, 0.15) is 17.2 Å². The standard InChI is InChI=1S/C18H19NO6/c1-23-14-9-8-13(10-15(14)24-2)16(17(20)21)19-18(22)25-11-12-6-4-3-5-7-12/h3-10,16H,11H2,1-2H3,(H,19,22)(H,20,21). The fraction of sp³-hybridized carbons (Fsp3) is 0.222. The normalized spacial score (nSPS) is 11.3. The third-order valence-electron chi connectivity index (χ3n) is 3.46. The molecule has 2 aromatic rings. The van der Waals surface area contributed by atoms with Crippen molar-refractivity contribution in [3.05, 3.63) is 59.7 Å². The molecule has 1 amide bonds. The van der Waals surface area contributed by atoms with E-state index in [1.807, 2.05) is 18.2 Å². The quantitative estimate of drug-likeness (QED) is 0.801. The molecular weight excluding hydrogens is 326 g/mol. The van der Waals surface area contributed by atoms with Crippen LogP contribution < -0.4 is 14.8 Å². The van der Waals surface area contributed by atoms with E-state index in [9.17, 15) is 14.7 Å². The Morgan fingerprint density at radius 3 is 2.32 bits per heavy atom. The maximum atomic E-state index is 11.9. The Morgan fingerprint density at radius 2 is 1.72 bits per heavy atom. The number of alkyl carbamates (subject to hydrolysis) is 1. The van der Waals surface area contributed by atoms with Gasteiger partial charge in [-0.1, -0.05) is 36.4 Å². The zero-order valence-electron chi connectivity index (χ0n) is 13.9. The third-order valence-corrected chi connectivity index (χ3v) is 3.46. The Balaban J connectivity index is 2.07. The molecule has 2 N–H and O–H groups in total. The van der Waals surface area contributed by atoms with E-state index in [1.54, 1.807) is 18.2 Å². The monoisotopic (exact) mass is 345 g/mol. The van der Waals surface area contributed by atoms with Crippen molar-refractivity contribution in [1.82, 2.24) is 5.32 Å². The highest BCUT2D eigenvalue weighted by atomic mass is 16.5. The molecule has 0 aliphatic heterocycles. The highest BCUT2D eigenvalue weighted by Gasteiger charge is 2.24. The molecule has 0 fully saturated rings. The highest BCUT2D eigenvalue weighted by Crippen LogP contribution is 2.30. The van der Waals surface area contributed by atoms with Gasteiger partial charge in [-0.05, 0) is 23.3 Å². The third kappa shape index (κ3) is 4.87. The van der Waals surface area contributed by atoms with Crippen molar-refractivity contribution in [3.8, 4) is 11.5 Å². The van der Waals surface area contributed by atoms with Gasteiger partial charge in [-0.2, -0.15) is 0 Å². The summed E-state index contributed by atoms with van der Waals surface area (Å²) in [6.07, 6.45) is -0.828. The molecule has 25 heavy (non-hydrogen) atoms. The molecule has 0 spiro atoms. The van der Waals surface area contributed by atoms with Crippen LogP contribution in [0, 0.1) is 0 Å². The molecule has 7 heteroatoms. The first kappa shape index (κ1) is 18.1. The van der Waals surface area contributed by atoms with Crippen LogP contribution in [-0.4, -0.2) is 31.4 Å². The van der Waals surface area contributed by atoms with Gasteiger partial charge in [0.05, 0.1) is 14.2 Å². The zero-order chi connectivity index (χ0) is 18.2. The summed E-state index contributed by atoms with van der Waals surface area (Å²) in [4.78, 5) is 23.5. The number of rotatable bonds is 7. The van der Waals surface area contributed by atoms with E-state index >= 15 is 0 Å². The summed E-state index contributed by atoms with van der Waals surface area (Å²) in [5.41, 5.74) is 1.14. The topological polar surface area (TPSA) is 94.1 Å². The fourth-order valence-corrected chi connectivity index (χ4v) is 2.20. The van der Waals surface area contributed by atoms with Crippen LogP contribution in [0.2, 0.25) is 0 Å². The van der Waals surface area contributed by atoms with E-state index in [4.69, 9.17) is 14.2 Å². The maximum Gasteiger partial charge on any atom is 0.408 e. The number of carbonyl (C=O) groups excluding carboxylic acids is 1. The first-order chi connectivity index (χ1) is 12.0. The van der Waals surface area contributed by atoms with E-state index in [2.05, 4.69) is 5.32 Å². The summed E-state index contributed by atoms with van der Waals surface area (Å²) in [6.45, 7) is 0.0466. The second kappa shape index (κ2) is 8.58. The number of aliphatic carboxylic acids is 1. The summed E-state index contributed by atoms with van der Waals surface area (Å²) in [7, 11) is 2.92. The number of amides is 1.